The summed E-state index contributed by atoms with van der Waals surface area (Å²) >= 11 is 4.95. The fourth-order valence-electron chi connectivity index (χ4n) is 12.1. The van der Waals surface area contributed by atoms with Crippen LogP contribution in [0.25, 0.3) is 0 Å². The maximum Gasteiger partial charge on any atom is 0.409 e. The highest BCUT2D eigenvalue weighted by Gasteiger charge is 2.25. The van der Waals surface area contributed by atoms with E-state index in [4.69, 9.17) is 27.8 Å². The van der Waals surface area contributed by atoms with Crippen molar-refractivity contribution in [1.82, 2.24) is 45.3 Å². The molecule has 564 valence electrons. The molecule has 0 spiro atoms. The quantitative estimate of drug-likeness (QED) is 0.0114. The van der Waals surface area contributed by atoms with E-state index < -0.39 is 5.43 Å². The monoisotopic (exact) mass is 1480 g/mol. The molecular weight excluding hydrogens is 1380 g/mol. The van der Waals surface area contributed by atoms with E-state index in [0.29, 0.717) is 80.9 Å². The number of para-hydroxylation sites is 2. The molecular formula is C81H102Cl2N14O9. The minimum absolute atomic E-state index is 0. The number of nitrogens with two attached hydrogens (primary N) is 2. The SMILES string of the molecule is CCN1CCN(Cc2ccc(CC(=O)Oc3ccccc3)cc2)CC1.CCN1CCN(Cc2ccc(N)cc2)CC1.CCN1CCN(Cc2ccc(NC(=O)NCCCNC(=O)C3=NC(=O)c4ccccc4C3)cc2)CC1.Cl.NCCCNC(=O)C1=NC(=O)c2ccccc2C1.O=C(Cl)Oc1ccccc1. The van der Waals surface area contributed by atoms with E-state index in [-0.39, 0.29) is 59.5 Å². The highest BCUT2D eigenvalue weighted by Crippen LogP contribution is 2.21. The van der Waals surface area contributed by atoms with Crippen molar-refractivity contribution in [2.45, 2.75) is 72.5 Å². The topological polar surface area (TPSA) is 282 Å². The van der Waals surface area contributed by atoms with Gasteiger partial charge in [-0.25, -0.2) is 19.6 Å². The summed E-state index contributed by atoms with van der Waals surface area (Å²) in [6.45, 7) is 28.5. The first kappa shape index (κ1) is 83.7. The average Bonchev–Trinajstić information content (AvgIpc) is 0.817. The average molecular weight is 1490 g/mol. The third-order valence-corrected chi connectivity index (χ3v) is 18.3. The van der Waals surface area contributed by atoms with E-state index in [1.807, 2.05) is 84.9 Å². The van der Waals surface area contributed by atoms with Crippen LogP contribution >= 0.6 is 24.0 Å². The molecule has 0 unspecified atom stereocenters. The van der Waals surface area contributed by atoms with Gasteiger partial charge < -0.3 is 56.9 Å². The molecule has 8 N–H and O–H groups in total. The number of carbonyl (C=O) groups excluding carboxylic acids is 7. The first-order chi connectivity index (χ1) is 51.0. The number of benzene rings is 7. The van der Waals surface area contributed by atoms with E-state index >= 15 is 0 Å². The maximum atomic E-state index is 12.4. The van der Waals surface area contributed by atoms with Gasteiger partial charge in [0.25, 0.3) is 23.6 Å². The molecule has 0 bridgehead atoms. The number of nitrogens with one attached hydrogen (secondary N) is 4. The van der Waals surface area contributed by atoms with E-state index in [9.17, 15) is 33.6 Å². The van der Waals surface area contributed by atoms with Gasteiger partial charge in [0.2, 0.25) is 0 Å². The first-order valence-corrected chi connectivity index (χ1v) is 36.6. The number of piperazine rings is 3. The predicted molar refractivity (Wildman–Crippen MR) is 422 cm³/mol. The van der Waals surface area contributed by atoms with Crippen molar-refractivity contribution in [3.63, 3.8) is 0 Å². The van der Waals surface area contributed by atoms with Gasteiger partial charge in [0, 0.05) is 165 Å². The zero-order chi connectivity index (χ0) is 74.6. The van der Waals surface area contributed by atoms with Crippen LogP contribution in [0.15, 0.2) is 192 Å². The standard InChI is InChI=1S/C27H34N6O3.C21H26N2O2.C13H15N3O2.C13H21N3.C7H5ClO2.ClH/c1-2-32-14-16-33(17-15-32)19-20-8-10-22(11-9-20)30-27(36)29-13-5-12-28-26(35)24-18-21-6-3-4-7-23(21)25(34)31-24;1-2-22-12-14-23(15-13-22)17-19-10-8-18(9-11-19)16-21(24)25-20-6-4-3-5-7-20;14-6-3-7-15-13(18)11-8-9-4-1-2-5-10(9)12(17)16-11;1-2-15-7-9-16(10-8-15)11-12-3-5-13(14)6-4-12;8-7(9)10-6-4-2-1-3-5-6;/h3-4,6-11H,2,5,12-19H2,1H3,(H,28,35)(H2,29,30,36);3-11H,2,12-17H2,1H3;1-2,4-5H,3,6-8,14H2,(H,15,18);3-6H,2,7-11,14H2,1H3;1-5H;1H. The van der Waals surface area contributed by atoms with Gasteiger partial charge in [-0.15, -0.1) is 12.4 Å². The number of esters is 1. The number of amides is 6. The van der Waals surface area contributed by atoms with Gasteiger partial charge in [-0.3, -0.25) is 38.7 Å². The predicted octanol–water partition coefficient (Wildman–Crippen LogP) is 9.80. The fraction of sp³-hybridized carbons (Fsp3) is 0.370. The van der Waals surface area contributed by atoms with E-state index in [2.05, 4.69) is 123 Å². The summed E-state index contributed by atoms with van der Waals surface area (Å²) < 4.78 is 9.88. The van der Waals surface area contributed by atoms with Crippen molar-refractivity contribution in [2.75, 3.05) is 135 Å². The Balaban J connectivity index is 0.000000196. The third kappa shape index (κ3) is 29.4. The summed E-state index contributed by atoms with van der Waals surface area (Å²) in [5.41, 5.74) is 19.9. The van der Waals surface area contributed by atoms with E-state index in [1.165, 1.54) is 49.4 Å². The summed E-state index contributed by atoms with van der Waals surface area (Å²) in [4.78, 5) is 105. The number of likely N-dealkylation sites (N-methyl/N-ethyl adjacent to an activating group) is 3. The molecule has 5 aliphatic heterocycles. The van der Waals surface area contributed by atoms with Gasteiger partial charge in [-0.05, 0) is 133 Å². The lowest BCUT2D eigenvalue weighted by molar-refractivity contribution is -0.133. The molecule has 23 nitrogen and oxygen atoms in total. The van der Waals surface area contributed by atoms with Crippen LogP contribution in [-0.2, 0) is 53.3 Å². The Morgan fingerprint density at radius 2 is 0.802 bits per heavy atom. The van der Waals surface area contributed by atoms with Crippen LogP contribution in [0.4, 0.5) is 21.0 Å². The minimum Gasteiger partial charge on any atom is -0.426 e. The molecule has 12 rings (SSSR count). The largest absolute Gasteiger partial charge is 0.426 e. The molecule has 0 aromatic heterocycles. The second-order valence-electron chi connectivity index (χ2n) is 25.8. The number of nitrogen functional groups attached to an aromatic ring is 1. The molecule has 7 aromatic rings. The van der Waals surface area contributed by atoms with Crippen molar-refractivity contribution in [3.05, 3.63) is 226 Å². The molecule has 5 heterocycles. The van der Waals surface area contributed by atoms with Crippen LogP contribution in [0.3, 0.4) is 0 Å². The maximum absolute atomic E-state index is 12.4. The zero-order valence-corrected chi connectivity index (χ0v) is 62.7. The molecule has 0 saturated carbocycles. The third-order valence-electron chi connectivity index (χ3n) is 18.2. The number of ether oxygens (including phenoxy) is 2. The number of anilines is 2. The molecule has 3 fully saturated rings. The van der Waals surface area contributed by atoms with Gasteiger partial charge in [-0.2, -0.15) is 0 Å². The van der Waals surface area contributed by atoms with Crippen LogP contribution in [0.5, 0.6) is 11.5 Å². The Kier molecular flexibility index (Phi) is 36.1. The summed E-state index contributed by atoms with van der Waals surface area (Å²) in [6, 6.07) is 56.4. The number of urea groups is 1. The molecule has 5 aliphatic rings. The Bertz CT molecular complexity index is 3940. The smallest absolute Gasteiger partial charge is 0.409 e. The van der Waals surface area contributed by atoms with Crippen LogP contribution in [0.2, 0.25) is 0 Å². The number of hydrogen-bond donors (Lipinski definition) is 6. The first-order valence-electron chi connectivity index (χ1n) is 36.3. The molecule has 0 radical (unpaired) electrons. The number of hydrogen-bond acceptors (Lipinski definition) is 17. The van der Waals surface area contributed by atoms with Crippen molar-refractivity contribution >= 4 is 87.9 Å². The summed E-state index contributed by atoms with van der Waals surface area (Å²) in [5.74, 6) is -0.544. The van der Waals surface area contributed by atoms with Gasteiger partial charge in [0.1, 0.15) is 22.9 Å². The van der Waals surface area contributed by atoms with Crippen molar-refractivity contribution < 1.29 is 43.0 Å². The second kappa shape index (κ2) is 45.7. The Hall–Kier alpha value is -9.53. The highest BCUT2D eigenvalue weighted by molar-refractivity contribution is 6.61. The second-order valence-corrected chi connectivity index (χ2v) is 26.1. The lowest BCUT2D eigenvalue weighted by Crippen LogP contribution is -2.45. The zero-order valence-electron chi connectivity index (χ0n) is 61.1. The van der Waals surface area contributed by atoms with Crippen molar-refractivity contribution in [1.29, 1.82) is 0 Å². The number of carbonyl (C=O) groups is 7. The van der Waals surface area contributed by atoms with Gasteiger partial charge >= 0.3 is 17.4 Å². The number of rotatable bonds is 23. The van der Waals surface area contributed by atoms with E-state index in [1.54, 1.807) is 60.7 Å². The lowest BCUT2D eigenvalue weighted by Gasteiger charge is -2.34. The number of nitrogens with zero attached hydrogens (tertiary/aromatic N) is 8. The summed E-state index contributed by atoms with van der Waals surface area (Å²) in [6.07, 6.45) is 2.30. The van der Waals surface area contributed by atoms with Crippen LogP contribution in [-0.4, -0.2) is 206 Å². The molecule has 7 aromatic carbocycles. The van der Waals surface area contributed by atoms with Crippen LogP contribution < -0.4 is 42.2 Å². The van der Waals surface area contributed by atoms with Gasteiger partial charge in [-0.1, -0.05) is 142 Å². The number of aliphatic imine (C=N–C) groups is 2. The number of halogens is 2. The summed E-state index contributed by atoms with van der Waals surface area (Å²) in [7, 11) is 0. The molecule has 0 aliphatic carbocycles. The molecule has 0 atom stereocenters. The highest BCUT2D eigenvalue weighted by atomic mass is 35.5. The lowest BCUT2D eigenvalue weighted by atomic mass is 9.98. The molecule has 25 heteroatoms. The van der Waals surface area contributed by atoms with Gasteiger partial charge in [0.15, 0.2) is 0 Å². The molecule has 3 saturated heterocycles. The Morgan fingerprint density at radius 3 is 1.22 bits per heavy atom. The normalized spacial score (nSPS) is 15.3. The number of fused-ring (bicyclic) bond motifs is 2. The Labute approximate surface area is 634 Å². The van der Waals surface area contributed by atoms with Crippen LogP contribution in [0, 0.1) is 0 Å². The van der Waals surface area contributed by atoms with E-state index in [0.717, 1.165) is 113 Å². The summed E-state index contributed by atoms with van der Waals surface area (Å²) in [5, 5.41) is 11.1. The Morgan fingerprint density at radius 1 is 0.443 bits per heavy atom. The minimum atomic E-state index is -0.814. The van der Waals surface area contributed by atoms with Gasteiger partial charge in [0.05, 0.1) is 6.42 Å². The van der Waals surface area contributed by atoms with Crippen LogP contribution in [0.1, 0.15) is 87.7 Å². The molecule has 6 amide bonds. The molecule has 106 heavy (non-hydrogen) atoms. The van der Waals surface area contributed by atoms with Crippen molar-refractivity contribution in [3.8, 4) is 11.5 Å². The fourth-order valence-corrected chi connectivity index (χ4v) is 12.1. The van der Waals surface area contributed by atoms with Crippen molar-refractivity contribution in [2.24, 2.45) is 15.7 Å².